The van der Waals surface area contributed by atoms with Crippen molar-refractivity contribution in [3.05, 3.63) is 47.0 Å². The Morgan fingerprint density at radius 3 is 2.92 bits per heavy atom. The van der Waals surface area contributed by atoms with Gasteiger partial charge in [-0.05, 0) is 44.4 Å². The highest BCUT2D eigenvalue weighted by atomic mass is 16.2. The second kappa shape index (κ2) is 6.02. The van der Waals surface area contributed by atoms with Gasteiger partial charge in [-0.1, -0.05) is 6.07 Å². The van der Waals surface area contributed by atoms with Gasteiger partial charge in [0.25, 0.3) is 5.91 Å². The highest BCUT2D eigenvalue weighted by Gasteiger charge is 2.28. The summed E-state index contributed by atoms with van der Waals surface area (Å²) in [5.74, 6) is 1.31. The number of H-pyrrole nitrogens is 1. The molecule has 4 rings (SSSR count). The van der Waals surface area contributed by atoms with Crippen molar-refractivity contribution < 1.29 is 4.79 Å². The van der Waals surface area contributed by atoms with Crippen LogP contribution < -0.4 is 0 Å². The molecule has 3 aromatic rings. The van der Waals surface area contributed by atoms with E-state index >= 15 is 0 Å². The molecule has 2 aromatic heterocycles. The molecule has 6 nitrogen and oxygen atoms in total. The highest BCUT2D eigenvalue weighted by Crippen LogP contribution is 2.28. The van der Waals surface area contributed by atoms with Crippen molar-refractivity contribution >= 4 is 16.9 Å². The third-order valence-corrected chi connectivity index (χ3v) is 5.22. The van der Waals surface area contributed by atoms with E-state index in [1.54, 1.807) is 10.9 Å². The van der Waals surface area contributed by atoms with E-state index in [1.807, 2.05) is 18.9 Å². The largest absolute Gasteiger partial charge is 0.342 e. The number of rotatable bonds is 2. The van der Waals surface area contributed by atoms with Crippen molar-refractivity contribution in [2.45, 2.75) is 32.6 Å². The maximum absolute atomic E-state index is 12.9. The fourth-order valence-electron chi connectivity index (χ4n) is 3.60. The predicted octanol–water partition coefficient (Wildman–Crippen LogP) is 2.93. The lowest BCUT2D eigenvalue weighted by Crippen LogP contribution is -2.39. The number of piperidine rings is 1. The number of amides is 1. The van der Waals surface area contributed by atoms with Crippen LogP contribution in [0.2, 0.25) is 0 Å². The van der Waals surface area contributed by atoms with Crippen molar-refractivity contribution in [2.75, 3.05) is 13.1 Å². The van der Waals surface area contributed by atoms with Gasteiger partial charge in [-0.3, -0.25) is 9.48 Å². The standard InChI is InChI=1S/C19H23N5O/c1-12-6-7-16-17(9-12)22-18(21-16)14-5-4-8-24(11-14)19(25)15-10-20-23(3)13(15)2/h6-7,9-10,14H,4-5,8,11H2,1-3H3,(H,21,22)/t14-/m0/s1. The number of aromatic nitrogens is 4. The molecule has 1 N–H and O–H groups in total. The van der Waals surface area contributed by atoms with Gasteiger partial charge in [0.15, 0.2) is 0 Å². The first-order valence-electron chi connectivity index (χ1n) is 8.77. The molecule has 0 radical (unpaired) electrons. The Morgan fingerprint density at radius 2 is 2.16 bits per heavy atom. The number of nitrogens with zero attached hydrogens (tertiary/aromatic N) is 4. The molecule has 130 valence electrons. The number of imidazole rings is 1. The molecule has 0 bridgehead atoms. The van der Waals surface area contributed by atoms with Crippen LogP contribution in [-0.4, -0.2) is 43.6 Å². The molecular formula is C19H23N5O. The molecule has 0 saturated carbocycles. The molecule has 1 aliphatic heterocycles. The molecule has 0 unspecified atom stereocenters. The van der Waals surface area contributed by atoms with Crippen LogP contribution in [0.25, 0.3) is 11.0 Å². The van der Waals surface area contributed by atoms with Crippen LogP contribution in [0, 0.1) is 13.8 Å². The van der Waals surface area contributed by atoms with E-state index in [4.69, 9.17) is 4.98 Å². The van der Waals surface area contributed by atoms with Crippen LogP contribution in [0.3, 0.4) is 0 Å². The Bertz CT molecular complexity index is 939. The number of aryl methyl sites for hydroxylation is 2. The Balaban J connectivity index is 1.57. The van der Waals surface area contributed by atoms with Crippen molar-refractivity contribution in [1.29, 1.82) is 0 Å². The Morgan fingerprint density at radius 1 is 1.32 bits per heavy atom. The average molecular weight is 337 g/mol. The number of carbonyl (C=O) groups excluding carboxylic acids is 1. The Labute approximate surface area is 146 Å². The molecule has 25 heavy (non-hydrogen) atoms. The van der Waals surface area contributed by atoms with E-state index in [9.17, 15) is 4.79 Å². The topological polar surface area (TPSA) is 66.8 Å². The van der Waals surface area contributed by atoms with Gasteiger partial charge in [0.2, 0.25) is 0 Å². The summed E-state index contributed by atoms with van der Waals surface area (Å²) in [6, 6.07) is 6.25. The van der Waals surface area contributed by atoms with Crippen LogP contribution in [0.1, 0.15) is 46.2 Å². The minimum atomic E-state index is 0.0715. The first kappa shape index (κ1) is 15.9. The zero-order valence-electron chi connectivity index (χ0n) is 14.9. The number of hydrogen-bond acceptors (Lipinski definition) is 3. The number of likely N-dealkylation sites (tertiary alicyclic amines) is 1. The summed E-state index contributed by atoms with van der Waals surface area (Å²) in [6.07, 6.45) is 3.71. The van der Waals surface area contributed by atoms with E-state index < -0.39 is 0 Å². The van der Waals surface area contributed by atoms with Crippen LogP contribution >= 0.6 is 0 Å². The van der Waals surface area contributed by atoms with E-state index in [2.05, 4.69) is 35.2 Å². The fraction of sp³-hybridized carbons (Fsp3) is 0.421. The molecule has 1 saturated heterocycles. The Kier molecular flexibility index (Phi) is 3.82. The third kappa shape index (κ3) is 2.81. The van der Waals surface area contributed by atoms with Gasteiger partial charge in [-0.15, -0.1) is 0 Å². The summed E-state index contributed by atoms with van der Waals surface area (Å²) in [7, 11) is 1.86. The second-order valence-corrected chi connectivity index (χ2v) is 7.00. The van der Waals surface area contributed by atoms with E-state index in [1.165, 1.54) is 5.56 Å². The van der Waals surface area contributed by atoms with Crippen LogP contribution in [0.4, 0.5) is 0 Å². The maximum Gasteiger partial charge on any atom is 0.257 e. The summed E-state index contributed by atoms with van der Waals surface area (Å²) in [5.41, 5.74) is 4.89. The second-order valence-electron chi connectivity index (χ2n) is 7.00. The molecule has 1 fully saturated rings. The Hall–Kier alpha value is -2.63. The molecule has 3 heterocycles. The highest BCUT2D eigenvalue weighted by molar-refractivity contribution is 5.95. The molecule has 6 heteroatoms. The van der Waals surface area contributed by atoms with Crippen LogP contribution in [0.5, 0.6) is 0 Å². The summed E-state index contributed by atoms with van der Waals surface area (Å²) in [6.45, 7) is 5.51. The number of hydrogen-bond donors (Lipinski definition) is 1. The number of fused-ring (bicyclic) bond motifs is 1. The molecule has 1 aromatic carbocycles. The van der Waals surface area contributed by atoms with Gasteiger partial charge >= 0.3 is 0 Å². The predicted molar refractivity (Wildman–Crippen MR) is 96.7 cm³/mol. The van der Waals surface area contributed by atoms with Gasteiger partial charge in [-0.25, -0.2) is 4.98 Å². The maximum atomic E-state index is 12.9. The van der Waals surface area contributed by atoms with Crippen molar-refractivity contribution in [2.24, 2.45) is 7.05 Å². The van der Waals surface area contributed by atoms with Gasteiger partial charge in [0, 0.05) is 31.7 Å². The van der Waals surface area contributed by atoms with Crippen molar-refractivity contribution in [3.63, 3.8) is 0 Å². The lowest BCUT2D eigenvalue weighted by molar-refractivity contribution is 0.0704. The molecule has 1 aliphatic rings. The average Bonchev–Trinajstić information content (AvgIpc) is 3.18. The van der Waals surface area contributed by atoms with Crippen LogP contribution in [-0.2, 0) is 7.05 Å². The van der Waals surface area contributed by atoms with Crippen LogP contribution in [0.15, 0.2) is 24.4 Å². The van der Waals surface area contributed by atoms with E-state index in [0.717, 1.165) is 41.9 Å². The van der Waals surface area contributed by atoms with E-state index in [-0.39, 0.29) is 11.8 Å². The third-order valence-electron chi connectivity index (χ3n) is 5.22. The summed E-state index contributed by atoms with van der Waals surface area (Å²) >= 11 is 0. The monoisotopic (exact) mass is 337 g/mol. The zero-order chi connectivity index (χ0) is 17.6. The SMILES string of the molecule is Cc1ccc2nc([C@H]3CCCN(C(=O)c4cnn(C)c4C)C3)[nH]c2c1. The number of nitrogens with one attached hydrogen (secondary N) is 1. The minimum absolute atomic E-state index is 0.0715. The fourth-order valence-corrected chi connectivity index (χ4v) is 3.60. The van der Waals surface area contributed by atoms with Gasteiger partial charge in [0.05, 0.1) is 22.8 Å². The van der Waals surface area contributed by atoms with Crippen molar-refractivity contribution in [3.8, 4) is 0 Å². The molecule has 1 amide bonds. The zero-order valence-corrected chi connectivity index (χ0v) is 14.9. The smallest absolute Gasteiger partial charge is 0.257 e. The van der Waals surface area contributed by atoms with E-state index in [0.29, 0.717) is 12.1 Å². The summed E-state index contributed by atoms with van der Waals surface area (Å²) in [4.78, 5) is 23.0. The summed E-state index contributed by atoms with van der Waals surface area (Å²) < 4.78 is 1.75. The minimum Gasteiger partial charge on any atom is -0.342 e. The molecular weight excluding hydrogens is 314 g/mol. The quantitative estimate of drug-likeness (QED) is 0.782. The molecule has 1 atom stereocenters. The summed E-state index contributed by atoms with van der Waals surface area (Å²) in [5, 5.41) is 4.20. The lowest BCUT2D eigenvalue weighted by atomic mass is 9.97. The molecule has 0 spiro atoms. The number of carbonyl (C=O) groups is 1. The number of benzene rings is 1. The first-order chi connectivity index (χ1) is 12.0. The van der Waals surface area contributed by atoms with Gasteiger partial charge in [0.1, 0.15) is 5.82 Å². The normalized spacial score (nSPS) is 18.0. The number of aromatic amines is 1. The first-order valence-corrected chi connectivity index (χ1v) is 8.77. The molecule has 0 aliphatic carbocycles. The van der Waals surface area contributed by atoms with Gasteiger partial charge in [-0.2, -0.15) is 5.10 Å². The van der Waals surface area contributed by atoms with Gasteiger partial charge < -0.3 is 9.88 Å². The van der Waals surface area contributed by atoms with Crippen molar-refractivity contribution in [1.82, 2.24) is 24.6 Å². The lowest BCUT2D eigenvalue weighted by Gasteiger charge is -2.31.